The molecule has 0 unspecified atom stereocenters. The van der Waals surface area contributed by atoms with E-state index in [4.69, 9.17) is 16.3 Å². The fourth-order valence-electron chi connectivity index (χ4n) is 2.52. The quantitative estimate of drug-likeness (QED) is 0.771. The van der Waals surface area contributed by atoms with E-state index in [1.807, 2.05) is 19.2 Å². The lowest BCUT2D eigenvalue weighted by Crippen LogP contribution is -2.49. The molecule has 1 fully saturated rings. The van der Waals surface area contributed by atoms with E-state index in [0.29, 0.717) is 12.6 Å². The molecule has 0 amide bonds. The Labute approximate surface area is 129 Å². The Kier molecular flexibility index (Phi) is 4.60. The van der Waals surface area contributed by atoms with E-state index in [9.17, 15) is 0 Å². The number of hydrazine groups is 2. The number of morpholine rings is 1. The molecule has 0 bridgehead atoms. The lowest BCUT2D eigenvalue weighted by atomic mass is 10.0. The van der Waals surface area contributed by atoms with E-state index in [0.717, 1.165) is 30.2 Å². The summed E-state index contributed by atoms with van der Waals surface area (Å²) in [6.07, 6.45) is 1.89. The predicted molar refractivity (Wildman–Crippen MR) is 82.8 cm³/mol. The molecule has 0 aliphatic carbocycles. The molecule has 6 nitrogen and oxygen atoms in total. The third-order valence-corrected chi connectivity index (χ3v) is 3.87. The van der Waals surface area contributed by atoms with Crippen LogP contribution in [0.5, 0.6) is 0 Å². The first kappa shape index (κ1) is 14.6. The maximum atomic E-state index is 5.93. The minimum Gasteiger partial charge on any atom is -0.375 e. The minimum absolute atomic E-state index is 0.158. The zero-order valence-corrected chi connectivity index (χ0v) is 12.7. The first-order chi connectivity index (χ1) is 10.2. The van der Waals surface area contributed by atoms with Gasteiger partial charge in [0.25, 0.3) is 0 Å². The fraction of sp³-hybridized carbons (Fsp3) is 0.500. The van der Waals surface area contributed by atoms with Gasteiger partial charge in [0, 0.05) is 31.1 Å². The number of amidine groups is 1. The first-order valence-electron chi connectivity index (χ1n) is 7.11. The van der Waals surface area contributed by atoms with Crippen molar-refractivity contribution in [3.8, 4) is 0 Å². The van der Waals surface area contributed by atoms with Gasteiger partial charge in [-0.3, -0.25) is 5.43 Å². The van der Waals surface area contributed by atoms with Crippen LogP contribution in [0.15, 0.2) is 29.4 Å². The molecular formula is C14H20ClN5O. The molecule has 3 rings (SSSR count). The second-order valence-corrected chi connectivity index (χ2v) is 5.84. The summed E-state index contributed by atoms with van der Waals surface area (Å²) in [5.74, 6) is 0.903. The third-order valence-electron chi connectivity index (χ3n) is 3.62. The summed E-state index contributed by atoms with van der Waals surface area (Å²) >= 11 is 5.90. The van der Waals surface area contributed by atoms with Gasteiger partial charge < -0.3 is 10.1 Å². The van der Waals surface area contributed by atoms with Crippen molar-refractivity contribution in [3.05, 3.63) is 34.9 Å². The van der Waals surface area contributed by atoms with Crippen molar-refractivity contribution < 1.29 is 4.74 Å². The van der Waals surface area contributed by atoms with Crippen LogP contribution in [-0.4, -0.2) is 43.3 Å². The molecule has 0 spiro atoms. The van der Waals surface area contributed by atoms with E-state index < -0.39 is 0 Å². The van der Waals surface area contributed by atoms with Crippen LogP contribution in [0.4, 0.5) is 0 Å². The Balaban J connectivity index is 1.44. The number of hydrogen-bond acceptors (Lipinski definition) is 6. The summed E-state index contributed by atoms with van der Waals surface area (Å²) in [6.45, 7) is 1.55. The lowest BCUT2D eigenvalue weighted by Gasteiger charge is -2.30. The van der Waals surface area contributed by atoms with E-state index in [2.05, 4.69) is 33.5 Å². The molecule has 0 radical (unpaired) electrons. The standard InChI is InChI=1S/C14H20ClN5O/c1-20-18-14(17-19-20)7-13-8-16-12(9-21-13)6-10-2-4-11(15)5-3-10/h2-5,12-13,16,19H,6-9H2,1H3,(H,17,18)/t12-,13-/m0/s1. The molecule has 2 aliphatic heterocycles. The average molecular weight is 310 g/mol. The predicted octanol–water partition coefficient (Wildman–Crippen LogP) is 0.898. The number of hydrazone groups is 1. The van der Waals surface area contributed by atoms with Crippen molar-refractivity contribution in [1.29, 1.82) is 0 Å². The molecule has 7 heteroatoms. The second kappa shape index (κ2) is 6.62. The van der Waals surface area contributed by atoms with Gasteiger partial charge in [0.15, 0.2) is 0 Å². The van der Waals surface area contributed by atoms with Crippen LogP contribution in [-0.2, 0) is 11.2 Å². The van der Waals surface area contributed by atoms with Crippen molar-refractivity contribution in [3.63, 3.8) is 0 Å². The molecule has 114 valence electrons. The highest BCUT2D eigenvalue weighted by molar-refractivity contribution is 6.30. The maximum absolute atomic E-state index is 5.93. The summed E-state index contributed by atoms with van der Waals surface area (Å²) in [5.41, 5.74) is 7.18. The normalized spacial score (nSPS) is 25.6. The van der Waals surface area contributed by atoms with Crippen LogP contribution in [0.1, 0.15) is 12.0 Å². The van der Waals surface area contributed by atoms with Crippen LogP contribution in [0, 0.1) is 0 Å². The van der Waals surface area contributed by atoms with Crippen LogP contribution in [0.3, 0.4) is 0 Å². The van der Waals surface area contributed by atoms with Gasteiger partial charge in [0.2, 0.25) is 0 Å². The lowest BCUT2D eigenvalue weighted by molar-refractivity contribution is 0.00852. The number of nitrogens with zero attached hydrogens (tertiary/aromatic N) is 2. The average Bonchev–Trinajstić information content (AvgIpc) is 2.89. The van der Waals surface area contributed by atoms with Gasteiger partial charge in [0.05, 0.1) is 12.7 Å². The van der Waals surface area contributed by atoms with Gasteiger partial charge in [-0.2, -0.15) is 0 Å². The van der Waals surface area contributed by atoms with E-state index >= 15 is 0 Å². The Morgan fingerprint density at radius 1 is 1.33 bits per heavy atom. The number of hydrogen-bond donors (Lipinski definition) is 3. The number of nitrogens with one attached hydrogen (secondary N) is 3. The topological polar surface area (TPSA) is 60.9 Å². The molecule has 1 aromatic carbocycles. The minimum atomic E-state index is 0.158. The van der Waals surface area contributed by atoms with Crippen molar-refractivity contribution in [2.24, 2.45) is 5.10 Å². The number of rotatable bonds is 4. The highest BCUT2D eigenvalue weighted by atomic mass is 35.5. The van der Waals surface area contributed by atoms with Gasteiger partial charge in [0.1, 0.15) is 5.84 Å². The Morgan fingerprint density at radius 2 is 2.14 bits per heavy atom. The van der Waals surface area contributed by atoms with Crippen LogP contribution in [0.25, 0.3) is 0 Å². The maximum Gasteiger partial charge on any atom is 0.142 e. The molecule has 2 atom stereocenters. The molecule has 0 aromatic heterocycles. The highest BCUT2D eigenvalue weighted by Crippen LogP contribution is 2.14. The Hall–Kier alpha value is -1.34. The SMILES string of the molecule is CN1N=C(C[C@H]2CN[C@@H](Cc3ccc(Cl)cc3)CO2)NN1. The molecule has 2 heterocycles. The molecule has 3 N–H and O–H groups in total. The Bertz CT molecular complexity index is 499. The van der Waals surface area contributed by atoms with Gasteiger partial charge in [-0.25, -0.2) is 5.12 Å². The fourth-order valence-corrected chi connectivity index (χ4v) is 2.65. The van der Waals surface area contributed by atoms with Crippen molar-refractivity contribution in [1.82, 2.24) is 21.4 Å². The molecule has 21 heavy (non-hydrogen) atoms. The summed E-state index contributed by atoms with van der Waals surface area (Å²) in [6, 6.07) is 8.33. The van der Waals surface area contributed by atoms with Crippen molar-refractivity contribution in [2.45, 2.75) is 25.0 Å². The second-order valence-electron chi connectivity index (χ2n) is 5.40. The van der Waals surface area contributed by atoms with E-state index in [1.54, 1.807) is 5.12 Å². The highest BCUT2D eigenvalue weighted by Gasteiger charge is 2.24. The molecule has 0 saturated carbocycles. The molecule has 1 aromatic rings. The van der Waals surface area contributed by atoms with Gasteiger partial charge in [-0.1, -0.05) is 23.7 Å². The summed E-state index contributed by atoms with van der Waals surface area (Å²) < 4.78 is 5.93. The van der Waals surface area contributed by atoms with E-state index in [-0.39, 0.29) is 6.10 Å². The number of halogens is 1. The number of benzene rings is 1. The largest absolute Gasteiger partial charge is 0.375 e. The zero-order valence-electron chi connectivity index (χ0n) is 12.0. The summed E-state index contributed by atoms with van der Waals surface area (Å²) in [7, 11) is 1.85. The third kappa shape index (κ3) is 4.07. The van der Waals surface area contributed by atoms with Crippen molar-refractivity contribution in [2.75, 3.05) is 20.2 Å². The van der Waals surface area contributed by atoms with Crippen molar-refractivity contribution >= 4 is 17.4 Å². The van der Waals surface area contributed by atoms with E-state index in [1.165, 1.54) is 5.56 Å². The summed E-state index contributed by atoms with van der Waals surface area (Å²) in [4.78, 5) is 0. The van der Waals surface area contributed by atoms with Crippen LogP contribution in [0.2, 0.25) is 5.02 Å². The van der Waals surface area contributed by atoms with Crippen LogP contribution < -0.4 is 16.3 Å². The van der Waals surface area contributed by atoms with Gasteiger partial charge >= 0.3 is 0 Å². The zero-order chi connectivity index (χ0) is 14.7. The molecule has 2 aliphatic rings. The first-order valence-corrected chi connectivity index (χ1v) is 7.49. The monoisotopic (exact) mass is 309 g/mol. The summed E-state index contributed by atoms with van der Waals surface area (Å²) in [5, 5.41) is 10.2. The molecular weight excluding hydrogens is 290 g/mol. The van der Waals surface area contributed by atoms with Gasteiger partial charge in [-0.05, 0) is 24.1 Å². The number of ether oxygens (including phenoxy) is 1. The molecule has 1 saturated heterocycles. The Morgan fingerprint density at radius 3 is 2.76 bits per heavy atom. The van der Waals surface area contributed by atoms with Gasteiger partial charge in [-0.15, -0.1) is 10.6 Å². The van der Waals surface area contributed by atoms with Crippen LogP contribution >= 0.6 is 11.6 Å². The smallest absolute Gasteiger partial charge is 0.142 e.